The molecule has 15 aromatic rings. The third-order valence-corrected chi connectivity index (χ3v) is 22.4. The second-order valence-electron chi connectivity index (χ2n) is 35.3. The Morgan fingerprint density at radius 3 is 1.49 bits per heavy atom. The van der Waals surface area contributed by atoms with Gasteiger partial charge < -0.3 is 57.3 Å². The summed E-state index contributed by atoms with van der Waals surface area (Å²) in [5.74, 6) is 2.72. The predicted molar refractivity (Wildman–Crippen MR) is 466 cm³/mol. The summed E-state index contributed by atoms with van der Waals surface area (Å²) in [6.45, 7) is 53.9. The van der Waals surface area contributed by atoms with Crippen LogP contribution in [0.15, 0.2) is 103 Å². The van der Waals surface area contributed by atoms with Gasteiger partial charge in [0.25, 0.3) is 22.2 Å². The first-order valence-corrected chi connectivity index (χ1v) is 40.0. The van der Waals surface area contributed by atoms with Crippen LogP contribution < -0.4 is 56.3 Å². The van der Waals surface area contributed by atoms with Crippen LogP contribution in [0.3, 0.4) is 0 Å². The van der Waals surface area contributed by atoms with E-state index < -0.39 is 6.17 Å². The monoisotopic (exact) mass is 1640 g/mol. The number of hydrogen-bond acceptors (Lipinski definition) is 30. The van der Waals surface area contributed by atoms with Crippen molar-refractivity contribution in [2.24, 2.45) is 16.1 Å². The number of nitrogens with zero attached hydrogens (tertiary/aromatic N) is 20. The molecule has 0 saturated heterocycles. The minimum Gasteiger partial charge on any atom is -0.398 e. The van der Waals surface area contributed by atoms with Crippen molar-refractivity contribution in [1.29, 1.82) is 0 Å². The lowest BCUT2D eigenvalue weighted by atomic mass is 9.93. The van der Waals surface area contributed by atoms with Crippen LogP contribution in [0.25, 0.3) is 77.4 Å². The molecule has 16 heterocycles. The number of nitrogens with two attached hydrogens (primary N) is 5. The molecule has 0 aromatic carbocycles. The van der Waals surface area contributed by atoms with Crippen molar-refractivity contribution >= 4 is 152 Å². The molecule has 0 amide bonds. The Labute approximate surface area is 680 Å². The van der Waals surface area contributed by atoms with Crippen molar-refractivity contribution in [2.45, 2.75) is 230 Å². The molecule has 1 aliphatic heterocycles. The summed E-state index contributed by atoms with van der Waals surface area (Å²) in [4.78, 5) is 107. The summed E-state index contributed by atoms with van der Waals surface area (Å²) >= 11 is 6.11. The van der Waals surface area contributed by atoms with Gasteiger partial charge in [0.15, 0.2) is 51.3 Å². The fourth-order valence-electron chi connectivity index (χ4n) is 11.4. The Morgan fingerprint density at radius 1 is 0.435 bits per heavy atom. The van der Waals surface area contributed by atoms with Crippen LogP contribution in [0.4, 0.5) is 29.0 Å². The molecule has 0 aliphatic carbocycles. The number of hydrogen-bond donors (Lipinski definition) is 10. The zero-order valence-electron chi connectivity index (χ0n) is 70.1. The summed E-state index contributed by atoms with van der Waals surface area (Å²) < 4.78 is 16.1. The van der Waals surface area contributed by atoms with Gasteiger partial charge in [-0.25, -0.2) is 59.9 Å². The molecule has 1 unspecified atom stereocenters. The van der Waals surface area contributed by atoms with E-state index in [1.807, 2.05) is 71.4 Å². The molecule has 0 radical (unpaired) electrons. The van der Waals surface area contributed by atoms with E-state index in [9.17, 15) is 19.2 Å². The van der Waals surface area contributed by atoms with E-state index in [2.05, 4.69) is 234 Å². The van der Waals surface area contributed by atoms with Crippen molar-refractivity contribution in [3.05, 3.63) is 151 Å². The van der Waals surface area contributed by atoms with Crippen molar-refractivity contribution < 1.29 is 0 Å². The Hall–Kier alpha value is -11.2. The highest BCUT2D eigenvalue weighted by Crippen LogP contribution is 2.39. The number of pyridine rings is 2. The van der Waals surface area contributed by atoms with Crippen LogP contribution in [0.5, 0.6) is 0 Å². The Kier molecular flexibility index (Phi) is 25.4. The molecule has 0 fully saturated rings. The van der Waals surface area contributed by atoms with Gasteiger partial charge in [-0.05, 0) is 143 Å². The second-order valence-corrected chi connectivity index (χ2v) is 38.6. The molecule has 16 rings (SSSR count). The first kappa shape index (κ1) is 87.7. The maximum atomic E-state index is 11.6. The van der Waals surface area contributed by atoms with Gasteiger partial charge in [0.05, 0.1) is 74.5 Å². The van der Waals surface area contributed by atoms with E-state index in [-0.39, 0.29) is 72.0 Å². The molecule has 612 valence electrons. The molecule has 1 aliphatic rings. The minimum atomic E-state index is -0.401. The van der Waals surface area contributed by atoms with E-state index in [1.165, 1.54) is 40.6 Å². The fourth-order valence-corrected chi connectivity index (χ4v) is 15.3. The van der Waals surface area contributed by atoms with Crippen LogP contribution >= 0.6 is 45.7 Å². The highest BCUT2D eigenvalue weighted by Gasteiger charge is 2.29. The number of nitrogen functional groups attached to an aromatic ring is 4. The maximum Gasteiger partial charge on any atom is 0.279 e. The molecule has 1 atom stereocenters. The lowest BCUT2D eigenvalue weighted by Gasteiger charge is -2.23. The normalized spacial score (nSPS) is 13.2. The summed E-state index contributed by atoms with van der Waals surface area (Å²) in [6.07, 6.45) is 12.8. The van der Waals surface area contributed by atoms with Gasteiger partial charge >= 0.3 is 0 Å². The SMILES string of the molecule is CC(C)(C)c1scc2c(=O)[nH]c(N)nc12.CC(C)(C)c1scc2c(N)ccnc12.CC(C)(C)c1snc2c(N)ncnc12.CC(C)(C)n1cnc2c(=O)[nH]cnc21.CC(C)(C)n1cnc2c(N)ccnc21.CC(C)(C)n1ncc2c1NN=NC2N.Cc1nc2c(C(C)(C)C)snc2c(=O)[nH]1.Cc1nc2c(ncn2C(C)(C)C)c(=O)[nH]1. The number of imidazole rings is 3. The average molecular weight is 1640 g/mol. The number of aromatic amines is 4. The predicted octanol–water partition coefficient (Wildman–Crippen LogP) is 14.2. The molecular formula is C77H106N30O4S4. The lowest BCUT2D eigenvalue weighted by molar-refractivity contribution is 0.359. The molecular weight excluding hydrogens is 1540 g/mol. The largest absolute Gasteiger partial charge is 0.398 e. The highest BCUT2D eigenvalue weighted by atomic mass is 32.1. The quantitative estimate of drug-likeness (QED) is 0.0674. The maximum absolute atomic E-state index is 11.6. The molecule has 15 aromatic heterocycles. The van der Waals surface area contributed by atoms with E-state index in [4.69, 9.17) is 28.7 Å². The Balaban J connectivity index is 0.000000150. The summed E-state index contributed by atoms with van der Waals surface area (Å²) in [5, 5.41) is 17.5. The summed E-state index contributed by atoms with van der Waals surface area (Å²) in [5.41, 5.74) is 41.3. The third kappa shape index (κ3) is 20.3. The molecule has 15 N–H and O–H groups in total. The number of H-pyrrole nitrogens is 4. The molecule has 0 saturated carbocycles. The highest BCUT2D eigenvalue weighted by molar-refractivity contribution is 7.12. The zero-order valence-corrected chi connectivity index (χ0v) is 73.4. The van der Waals surface area contributed by atoms with Gasteiger partial charge in [0, 0.05) is 71.4 Å². The molecule has 115 heavy (non-hydrogen) atoms. The number of thiophene rings is 2. The number of fused-ring (bicyclic) bond motifs is 8. The van der Waals surface area contributed by atoms with Crippen LogP contribution in [0.1, 0.15) is 209 Å². The van der Waals surface area contributed by atoms with Gasteiger partial charge in [-0.15, -0.1) is 27.8 Å². The average Bonchev–Trinajstić information content (AvgIpc) is 1.65. The van der Waals surface area contributed by atoms with E-state index in [0.717, 1.165) is 75.8 Å². The van der Waals surface area contributed by atoms with Crippen molar-refractivity contribution in [3.63, 3.8) is 0 Å². The van der Waals surface area contributed by atoms with Crippen LogP contribution in [0.2, 0.25) is 0 Å². The smallest absolute Gasteiger partial charge is 0.279 e. The van der Waals surface area contributed by atoms with Crippen molar-refractivity contribution in [1.82, 2.24) is 107 Å². The molecule has 0 bridgehead atoms. The molecule has 34 nitrogen and oxygen atoms in total. The van der Waals surface area contributed by atoms with Crippen molar-refractivity contribution in [2.75, 3.05) is 28.4 Å². The van der Waals surface area contributed by atoms with Crippen LogP contribution in [-0.4, -0.2) is 107 Å². The van der Waals surface area contributed by atoms with Gasteiger partial charge in [0.1, 0.15) is 40.0 Å². The standard InChI is InChI=1S/C11H14N2S.C10H14N4O.C10H14N4.2C10H13N3OS.C9H12N4O.C9H12N4S.C8H14N6/c1-11(2,3)10-9-7(6-14-10)8(12)4-5-13-9;1-6-12-8-7(9(15)13-6)11-5-14(8)10(2,3)4;1-10(2,3)14-6-13-8-7(11)4-5-12-9(8)14;1-10(2,3)7-6-5(4-15-7)8(14)13-9(11)12-6;1-5-11-6-7(9(14)12-5)13-15-8(6)10(2,3)4;1-9(2,3)13-5-12-6-7(13)10-4-11-8(6)14;1-9(2,3)7-5-6(13-14-7)8(10)12-4-11-5;1-8(2,3)14-7-5(4-10-14)6(9)11-13-12-7/h4-6H,12H2,1-3H3;5H,1-4H3,(H,12,13,15);4-6H,1-3H3,(H2,11,12);4H,1-3H3,(H3,11,12,13,14);1-4H3,(H,11,12,14);4-5H,1-3H3,(H,10,11,14);4H,1-3H3,(H2,10,11,12);4,6H,9H2,1-3H3,(H,11,12). The topological polar surface area (TPSA) is 498 Å². The van der Waals surface area contributed by atoms with Crippen LogP contribution in [0, 0.1) is 13.8 Å². The summed E-state index contributed by atoms with van der Waals surface area (Å²) in [6, 6.07) is 3.61. The van der Waals surface area contributed by atoms with Gasteiger partial charge in [0.2, 0.25) is 5.95 Å². The lowest BCUT2D eigenvalue weighted by Crippen LogP contribution is -2.25. The Morgan fingerprint density at radius 2 is 0.922 bits per heavy atom. The summed E-state index contributed by atoms with van der Waals surface area (Å²) in [7, 11) is 0. The van der Waals surface area contributed by atoms with Crippen LogP contribution in [-0.2, 0) is 43.8 Å². The number of nitrogens with one attached hydrogen (secondary N) is 5. The number of aromatic nitrogens is 22. The first-order chi connectivity index (χ1) is 53.2. The minimum absolute atomic E-state index is 0.0142. The molecule has 38 heteroatoms. The van der Waals surface area contributed by atoms with Gasteiger partial charge in [-0.3, -0.25) is 29.1 Å². The van der Waals surface area contributed by atoms with E-state index >= 15 is 0 Å². The third-order valence-electron chi connectivity index (χ3n) is 17.1. The second kappa shape index (κ2) is 33.3. The fraction of sp³-hybridized carbons (Fsp3) is 0.455. The van der Waals surface area contributed by atoms with Crippen molar-refractivity contribution in [3.8, 4) is 0 Å². The zero-order chi connectivity index (χ0) is 85.4. The number of anilines is 5. The van der Waals surface area contributed by atoms with E-state index in [1.54, 1.807) is 80.2 Å². The molecule has 0 spiro atoms. The Bertz CT molecular complexity index is 5780. The first-order valence-electron chi connectivity index (χ1n) is 36.7. The number of rotatable bonds is 0. The van der Waals surface area contributed by atoms with E-state index in [0.29, 0.717) is 56.4 Å². The number of aryl methyl sites for hydroxylation is 2. The van der Waals surface area contributed by atoms with Gasteiger partial charge in [-0.2, -0.15) is 13.8 Å². The van der Waals surface area contributed by atoms with Gasteiger partial charge in [-0.1, -0.05) is 88.3 Å².